The lowest BCUT2D eigenvalue weighted by Gasteiger charge is -2.24. The van der Waals surface area contributed by atoms with Gasteiger partial charge >= 0.3 is 0 Å². The number of aromatic nitrogens is 4. The van der Waals surface area contributed by atoms with Crippen molar-refractivity contribution in [1.29, 1.82) is 0 Å². The standard InChI is InChI=1S/C31H25ClF2N8O3/c32-23-6-2-1-4-20(23)21-5-3-7-24(28(21)34)39-31(45)26-10-17(33)14-41(26)27(43)15-42-25-9-8-18(38-19-12-36-16-37-13-19)11-22(25)29(40-42)30(35)44/h1-9,11-13,16-17,26,38H,10,14-15H2,(H2,35,44)(H,39,45). The van der Waals surface area contributed by atoms with Crippen LogP contribution in [0.2, 0.25) is 5.02 Å². The number of carbonyl (C=O) groups is 3. The highest BCUT2D eigenvalue weighted by Crippen LogP contribution is 2.33. The predicted octanol–water partition coefficient (Wildman–Crippen LogP) is 4.71. The minimum Gasteiger partial charge on any atom is -0.364 e. The van der Waals surface area contributed by atoms with Crippen LogP contribution in [0, 0.1) is 5.82 Å². The van der Waals surface area contributed by atoms with Crippen molar-refractivity contribution in [2.24, 2.45) is 5.73 Å². The zero-order chi connectivity index (χ0) is 31.7. The molecule has 0 aliphatic carbocycles. The summed E-state index contributed by atoms with van der Waals surface area (Å²) in [5.41, 5.74) is 7.60. The van der Waals surface area contributed by atoms with E-state index in [2.05, 4.69) is 25.7 Å². The Morgan fingerprint density at radius 1 is 1.00 bits per heavy atom. The number of likely N-dealkylation sites (tertiary alicyclic amines) is 1. The molecule has 228 valence electrons. The number of benzene rings is 3. The van der Waals surface area contributed by atoms with Gasteiger partial charge in [-0.25, -0.2) is 18.7 Å². The number of nitrogens with zero attached hydrogens (tertiary/aromatic N) is 5. The molecule has 1 saturated heterocycles. The topological polar surface area (TPSA) is 148 Å². The fraction of sp³-hybridized carbons (Fsp3) is 0.161. The van der Waals surface area contributed by atoms with E-state index in [1.165, 1.54) is 23.1 Å². The number of nitrogens with one attached hydrogen (secondary N) is 2. The minimum absolute atomic E-state index is 0.0706. The summed E-state index contributed by atoms with van der Waals surface area (Å²) in [6.45, 7) is -0.746. The molecule has 0 radical (unpaired) electrons. The van der Waals surface area contributed by atoms with Gasteiger partial charge < -0.3 is 21.3 Å². The summed E-state index contributed by atoms with van der Waals surface area (Å²) in [7, 11) is 0. The maximum absolute atomic E-state index is 15.5. The molecule has 2 atom stereocenters. The normalized spacial score (nSPS) is 16.1. The summed E-state index contributed by atoms with van der Waals surface area (Å²) in [5, 5.41) is 10.6. The zero-order valence-corrected chi connectivity index (χ0v) is 24.2. The average molecular weight is 631 g/mol. The molecule has 45 heavy (non-hydrogen) atoms. The van der Waals surface area contributed by atoms with E-state index in [0.29, 0.717) is 32.9 Å². The van der Waals surface area contributed by atoms with Gasteiger partial charge in [-0.15, -0.1) is 0 Å². The van der Waals surface area contributed by atoms with Crippen molar-refractivity contribution >= 4 is 57.3 Å². The van der Waals surface area contributed by atoms with Crippen LogP contribution in [0.25, 0.3) is 22.0 Å². The summed E-state index contributed by atoms with van der Waals surface area (Å²) in [5.74, 6) is -2.90. The Balaban J connectivity index is 1.23. The molecule has 0 saturated carbocycles. The van der Waals surface area contributed by atoms with Gasteiger partial charge in [-0.1, -0.05) is 41.9 Å². The highest BCUT2D eigenvalue weighted by molar-refractivity contribution is 6.33. The molecule has 3 heterocycles. The first-order valence-electron chi connectivity index (χ1n) is 13.8. The number of fused-ring (bicyclic) bond motifs is 1. The van der Waals surface area contributed by atoms with Crippen LogP contribution in [-0.2, 0) is 16.1 Å². The number of hydrogen-bond donors (Lipinski definition) is 3. The molecule has 0 spiro atoms. The van der Waals surface area contributed by atoms with E-state index in [9.17, 15) is 18.8 Å². The fourth-order valence-electron chi connectivity index (χ4n) is 5.35. The highest BCUT2D eigenvalue weighted by atomic mass is 35.5. The third-order valence-electron chi connectivity index (χ3n) is 7.41. The molecule has 1 fully saturated rings. The Hall–Kier alpha value is -5.43. The second-order valence-electron chi connectivity index (χ2n) is 10.4. The number of primary amides is 1. The monoisotopic (exact) mass is 630 g/mol. The number of anilines is 3. The van der Waals surface area contributed by atoms with E-state index in [1.54, 1.807) is 60.9 Å². The third kappa shape index (κ3) is 6.02. The molecule has 11 nitrogen and oxygen atoms in total. The number of alkyl halides is 1. The quantitative estimate of drug-likeness (QED) is 0.225. The lowest BCUT2D eigenvalue weighted by Crippen LogP contribution is -2.44. The molecule has 0 bridgehead atoms. The van der Waals surface area contributed by atoms with Crippen LogP contribution < -0.4 is 16.4 Å². The summed E-state index contributed by atoms with van der Waals surface area (Å²) < 4.78 is 31.4. The van der Waals surface area contributed by atoms with Crippen LogP contribution in [0.4, 0.5) is 25.8 Å². The number of halogens is 3. The summed E-state index contributed by atoms with van der Waals surface area (Å²) in [6.07, 6.45) is 2.78. The van der Waals surface area contributed by atoms with E-state index < -0.39 is 42.3 Å². The Morgan fingerprint density at radius 2 is 1.76 bits per heavy atom. The van der Waals surface area contributed by atoms with Crippen molar-refractivity contribution in [3.63, 3.8) is 0 Å². The number of rotatable bonds is 8. The van der Waals surface area contributed by atoms with Crippen molar-refractivity contribution in [2.45, 2.75) is 25.2 Å². The van der Waals surface area contributed by atoms with Gasteiger partial charge in [0.2, 0.25) is 11.8 Å². The second-order valence-corrected chi connectivity index (χ2v) is 10.8. The lowest BCUT2D eigenvalue weighted by atomic mass is 10.0. The number of hydrogen-bond acceptors (Lipinski definition) is 7. The molecule has 2 aromatic heterocycles. The molecule has 5 aromatic rings. The third-order valence-corrected chi connectivity index (χ3v) is 7.74. The fourth-order valence-corrected chi connectivity index (χ4v) is 5.59. The van der Waals surface area contributed by atoms with E-state index >= 15 is 4.39 Å². The number of nitrogens with two attached hydrogens (primary N) is 1. The van der Waals surface area contributed by atoms with Gasteiger partial charge in [0.1, 0.15) is 25.1 Å². The van der Waals surface area contributed by atoms with Gasteiger partial charge in [-0.05, 0) is 30.3 Å². The second kappa shape index (κ2) is 12.3. The Morgan fingerprint density at radius 3 is 2.51 bits per heavy atom. The molecule has 3 aromatic carbocycles. The molecule has 2 unspecified atom stereocenters. The lowest BCUT2D eigenvalue weighted by molar-refractivity contribution is -0.137. The first-order valence-corrected chi connectivity index (χ1v) is 14.2. The summed E-state index contributed by atoms with van der Waals surface area (Å²) in [4.78, 5) is 48.0. The van der Waals surface area contributed by atoms with Crippen molar-refractivity contribution in [3.8, 4) is 11.1 Å². The minimum atomic E-state index is -1.48. The van der Waals surface area contributed by atoms with E-state index in [-0.39, 0.29) is 29.9 Å². The number of amides is 3. The van der Waals surface area contributed by atoms with E-state index in [4.69, 9.17) is 17.3 Å². The molecule has 14 heteroatoms. The molecule has 4 N–H and O–H groups in total. The SMILES string of the molecule is NC(=O)c1nn(CC(=O)N2CC(F)CC2C(=O)Nc2cccc(-c3ccccc3Cl)c2F)c2ccc(Nc3cncnc3)cc12. The Kier molecular flexibility index (Phi) is 8.09. The smallest absolute Gasteiger partial charge is 0.269 e. The first kappa shape index (κ1) is 29.6. The molecular formula is C31H25ClF2N8O3. The van der Waals surface area contributed by atoms with Gasteiger partial charge in [0.15, 0.2) is 11.5 Å². The van der Waals surface area contributed by atoms with Gasteiger partial charge in [0.05, 0.1) is 35.8 Å². The molecular weight excluding hydrogens is 606 g/mol. The molecule has 6 rings (SSSR count). The summed E-state index contributed by atoms with van der Waals surface area (Å²) >= 11 is 6.24. The van der Waals surface area contributed by atoms with Crippen LogP contribution in [0.5, 0.6) is 0 Å². The predicted molar refractivity (Wildman–Crippen MR) is 164 cm³/mol. The van der Waals surface area contributed by atoms with Crippen LogP contribution >= 0.6 is 11.6 Å². The van der Waals surface area contributed by atoms with Crippen molar-refractivity contribution in [3.05, 3.63) is 95.9 Å². The van der Waals surface area contributed by atoms with Crippen molar-refractivity contribution in [1.82, 2.24) is 24.6 Å². The van der Waals surface area contributed by atoms with Gasteiger partial charge in [0, 0.05) is 33.6 Å². The van der Waals surface area contributed by atoms with Gasteiger partial charge in [-0.2, -0.15) is 5.10 Å². The Bertz CT molecular complexity index is 1940. The van der Waals surface area contributed by atoms with Crippen LogP contribution in [0.3, 0.4) is 0 Å². The van der Waals surface area contributed by atoms with Crippen LogP contribution in [0.15, 0.2) is 79.4 Å². The van der Waals surface area contributed by atoms with Crippen LogP contribution in [0.1, 0.15) is 16.9 Å². The maximum Gasteiger partial charge on any atom is 0.269 e. The molecule has 1 aliphatic rings. The van der Waals surface area contributed by atoms with Crippen molar-refractivity contribution < 1.29 is 23.2 Å². The largest absolute Gasteiger partial charge is 0.364 e. The molecule has 1 aliphatic heterocycles. The Labute approximate surface area is 260 Å². The average Bonchev–Trinajstić information content (AvgIpc) is 3.59. The van der Waals surface area contributed by atoms with E-state index in [0.717, 1.165) is 4.90 Å². The van der Waals surface area contributed by atoms with E-state index in [1.807, 2.05) is 0 Å². The summed E-state index contributed by atoms with van der Waals surface area (Å²) in [6, 6.07) is 14.9. The first-order chi connectivity index (χ1) is 21.7. The van der Waals surface area contributed by atoms with Gasteiger partial charge in [0.25, 0.3) is 5.91 Å². The number of carbonyl (C=O) groups excluding carboxylic acids is 3. The van der Waals surface area contributed by atoms with Gasteiger partial charge in [-0.3, -0.25) is 19.1 Å². The zero-order valence-electron chi connectivity index (χ0n) is 23.5. The maximum atomic E-state index is 15.5. The molecule has 3 amide bonds. The van der Waals surface area contributed by atoms with Crippen molar-refractivity contribution in [2.75, 3.05) is 17.2 Å². The highest BCUT2D eigenvalue weighted by Gasteiger charge is 2.40. The van der Waals surface area contributed by atoms with Crippen LogP contribution in [-0.4, -0.2) is 61.1 Å².